The summed E-state index contributed by atoms with van der Waals surface area (Å²) in [5, 5.41) is 21.3. The molecule has 0 spiro atoms. The molecule has 8 nitrogen and oxygen atoms in total. The molecule has 1 aliphatic heterocycles. The van der Waals surface area contributed by atoms with Crippen molar-refractivity contribution in [1.29, 1.82) is 5.26 Å². The molecule has 1 atom stereocenters. The number of esters is 1. The summed E-state index contributed by atoms with van der Waals surface area (Å²) >= 11 is 6.36. The molecule has 3 aromatic rings. The van der Waals surface area contributed by atoms with Gasteiger partial charge in [0.05, 0.1) is 10.8 Å². The van der Waals surface area contributed by atoms with Gasteiger partial charge in [-0.15, -0.1) is 0 Å². The molecule has 0 aliphatic carbocycles. The monoisotopic (exact) mass is 447 g/mol. The third-order valence-electron chi connectivity index (χ3n) is 4.94. The lowest BCUT2D eigenvalue weighted by Crippen LogP contribution is -2.21. The molecular weight excluding hydrogens is 434 g/mol. The zero-order valence-electron chi connectivity index (χ0n) is 16.3. The van der Waals surface area contributed by atoms with Crippen molar-refractivity contribution in [1.82, 2.24) is 0 Å². The Morgan fingerprint density at radius 1 is 1.12 bits per heavy atom. The van der Waals surface area contributed by atoms with Gasteiger partial charge in [-0.2, -0.15) is 5.26 Å². The highest BCUT2D eigenvalue weighted by Gasteiger charge is 2.32. The number of nitro benzene ring substituents is 1. The van der Waals surface area contributed by atoms with Crippen LogP contribution in [0.1, 0.15) is 27.4 Å². The van der Waals surface area contributed by atoms with Crippen LogP contribution in [-0.4, -0.2) is 10.9 Å². The summed E-state index contributed by atoms with van der Waals surface area (Å²) in [6, 6.07) is 19.2. The maximum Gasteiger partial charge on any atom is 0.350 e. The van der Waals surface area contributed by atoms with E-state index in [1.807, 2.05) is 0 Å². The third kappa shape index (κ3) is 3.73. The van der Waals surface area contributed by atoms with E-state index < -0.39 is 16.8 Å². The molecule has 0 amide bonds. The van der Waals surface area contributed by atoms with E-state index in [0.717, 1.165) is 0 Å². The fraction of sp³-hybridized carbons (Fsp3) is 0.0435. The number of nitrogens with zero attached hydrogens (tertiary/aromatic N) is 2. The molecule has 158 valence electrons. The minimum absolute atomic E-state index is 0.0907. The van der Waals surface area contributed by atoms with E-state index in [1.54, 1.807) is 30.3 Å². The Hall–Kier alpha value is -4.35. The molecule has 0 bridgehead atoms. The number of carbonyl (C=O) groups excluding carboxylic acids is 1. The Morgan fingerprint density at radius 3 is 2.56 bits per heavy atom. The van der Waals surface area contributed by atoms with Gasteiger partial charge in [0.2, 0.25) is 5.88 Å². The molecule has 3 aromatic carbocycles. The highest BCUT2D eigenvalue weighted by molar-refractivity contribution is 6.31. The Kier molecular flexibility index (Phi) is 5.50. The Labute approximate surface area is 187 Å². The number of rotatable bonds is 4. The molecular formula is C23H14ClN3O5. The number of ether oxygens (including phenoxy) is 2. The number of nitro groups is 1. The molecule has 9 heteroatoms. The van der Waals surface area contributed by atoms with E-state index in [2.05, 4.69) is 6.07 Å². The van der Waals surface area contributed by atoms with Crippen LogP contribution in [0.15, 0.2) is 78.2 Å². The lowest BCUT2D eigenvalue weighted by Gasteiger charge is -2.27. The smallest absolute Gasteiger partial charge is 0.350 e. The van der Waals surface area contributed by atoms with E-state index in [-0.39, 0.29) is 34.2 Å². The first-order valence-corrected chi connectivity index (χ1v) is 9.70. The van der Waals surface area contributed by atoms with Gasteiger partial charge in [-0.3, -0.25) is 10.1 Å². The lowest BCUT2D eigenvalue weighted by molar-refractivity contribution is -0.385. The van der Waals surface area contributed by atoms with Crippen LogP contribution >= 0.6 is 11.6 Å². The van der Waals surface area contributed by atoms with E-state index in [0.29, 0.717) is 16.1 Å². The number of allylic oxidation sites excluding steroid dienone is 1. The number of benzene rings is 3. The van der Waals surface area contributed by atoms with Crippen molar-refractivity contribution in [3.05, 3.63) is 110 Å². The summed E-state index contributed by atoms with van der Waals surface area (Å²) in [6.07, 6.45) is 0. The van der Waals surface area contributed by atoms with E-state index in [4.69, 9.17) is 26.8 Å². The van der Waals surface area contributed by atoms with Gasteiger partial charge >= 0.3 is 5.97 Å². The molecule has 2 N–H and O–H groups in total. The van der Waals surface area contributed by atoms with Crippen LogP contribution in [-0.2, 0) is 0 Å². The van der Waals surface area contributed by atoms with E-state index in [9.17, 15) is 20.2 Å². The van der Waals surface area contributed by atoms with Crippen LogP contribution in [0.5, 0.6) is 11.5 Å². The topological polar surface area (TPSA) is 128 Å². The van der Waals surface area contributed by atoms with Crippen LogP contribution in [0, 0.1) is 21.4 Å². The quantitative estimate of drug-likeness (QED) is 0.266. The number of halogens is 1. The SMILES string of the molecule is N#CC1=C(N)Oc2cc(OC(=O)c3ccccc3[N+](=O)[O-])ccc2C1c1ccccc1Cl. The summed E-state index contributed by atoms with van der Waals surface area (Å²) in [5.74, 6) is -1.18. The normalized spacial score (nSPS) is 14.7. The second kappa shape index (κ2) is 8.41. The van der Waals surface area contributed by atoms with Crippen molar-refractivity contribution in [3.8, 4) is 17.6 Å². The Balaban J connectivity index is 1.72. The number of nitriles is 1. The first kappa shape index (κ1) is 20.9. The van der Waals surface area contributed by atoms with Gasteiger partial charge in [-0.1, -0.05) is 48.0 Å². The molecule has 0 saturated carbocycles. The van der Waals surface area contributed by atoms with Crippen LogP contribution in [0.2, 0.25) is 5.02 Å². The third-order valence-corrected chi connectivity index (χ3v) is 5.28. The van der Waals surface area contributed by atoms with Gasteiger partial charge in [0.25, 0.3) is 5.69 Å². The summed E-state index contributed by atoms with van der Waals surface area (Å²) in [4.78, 5) is 23.1. The van der Waals surface area contributed by atoms with Gasteiger partial charge in [0, 0.05) is 22.7 Å². The maximum atomic E-state index is 12.5. The van der Waals surface area contributed by atoms with Gasteiger partial charge in [0.15, 0.2) is 0 Å². The second-order valence-electron chi connectivity index (χ2n) is 6.81. The summed E-state index contributed by atoms with van der Waals surface area (Å²) in [6.45, 7) is 0. The molecule has 0 aromatic heterocycles. The highest BCUT2D eigenvalue weighted by Crippen LogP contribution is 2.45. The molecule has 32 heavy (non-hydrogen) atoms. The fourth-order valence-corrected chi connectivity index (χ4v) is 3.74. The van der Waals surface area contributed by atoms with Crippen molar-refractivity contribution in [2.45, 2.75) is 5.92 Å². The van der Waals surface area contributed by atoms with Crippen molar-refractivity contribution >= 4 is 23.3 Å². The van der Waals surface area contributed by atoms with E-state index >= 15 is 0 Å². The number of carbonyl (C=O) groups is 1. The zero-order chi connectivity index (χ0) is 22.8. The average Bonchev–Trinajstić information content (AvgIpc) is 2.78. The van der Waals surface area contributed by atoms with Gasteiger partial charge in [0.1, 0.15) is 28.7 Å². The van der Waals surface area contributed by atoms with Crippen molar-refractivity contribution < 1.29 is 19.2 Å². The van der Waals surface area contributed by atoms with Crippen molar-refractivity contribution in [3.63, 3.8) is 0 Å². The summed E-state index contributed by atoms with van der Waals surface area (Å²) in [7, 11) is 0. The molecule has 1 aliphatic rings. The standard InChI is InChI=1S/C23H14ClN3O5/c24-18-7-3-1-5-14(18)21-16-10-9-13(11-20(16)32-22(26)17(21)12-25)31-23(28)15-6-2-4-8-19(15)27(29)30/h1-11,21H,26H2. The highest BCUT2D eigenvalue weighted by atomic mass is 35.5. The number of hydrogen-bond donors (Lipinski definition) is 1. The average molecular weight is 448 g/mol. The summed E-state index contributed by atoms with van der Waals surface area (Å²) in [5.41, 5.74) is 6.92. The molecule has 0 fully saturated rings. The minimum atomic E-state index is -0.892. The summed E-state index contributed by atoms with van der Waals surface area (Å²) < 4.78 is 10.9. The molecule has 0 radical (unpaired) electrons. The molecule has 1 heterocycles. The minimum Gasteiger partial charge on any atom is -0.440 e. The van der Waals surface area contributed by atoms with Crippen LogP contribution in [0.25, 0.3) is 0 Å². The molecule has 1 unspecified atom stereocenters. The van der Waals surface area contributed by atoms with E-state index in [1.165, 1.54) is 36.4 Å². The fourth-order valence-electron chi connectivity index (χ4n) is 3.50. The number of para-hydroxylation sites is 1. The number of hydrogen-bond acceptors (Lipinski definition) is 7. The largest absolute Gasteiger partial charge is 0.440 e. The maximum absolute atomic E-state index is 12.5. The predicted octanol–water partition coefficient (Wildman–Crippen LogP) is 4.69. The van der Waals surface area contributed by atoms with Gasteiger partial charge in [-0.25, -0.2) is 4.79 Å². The predicted molar refractivity (Wildman–Crippen MR) is 115 cm³/mol. The van der Waals surface area contributed by atoms with Gasteiger partial charge in [-0.05, 0) is 23.8 Å². The number of nitrogens with two attached hydrogens (primary N) is 1. The van der Waals surface area contributed by atoms with Crippen LogP contribution in [0.4, 0.5) is 5.69 Å². The lowest BCUT2D eigenvalue weighted by atomic mass is 9.83. The molecule has 4 rings (SSSR count). The number of fused-ring (bicyclic) bond motifs is 1. The first-order valence-electron chi connectivity index (χ1n) is 9.32. The van der Waals surface area contributed by atoms with Crippen LogP contribution in [0.3, 0.4) is 0 Å². The Bertz CT molecular complexity index is 1330. The first-order chi connectivity index (χ1) is 15.4. The second-order valence-corrected chi connectivity index (χ2v) is 7.22. The zero-order valence-corrected chi connectivity index (χ0v) is 17.1. The molecule has 0 saturated heterocycles. The van der Waals surface area contributed by atoms with Crippen molar-refractivity contribution in [2.75, 3.05) is 0 Å². The van der Waals surface area contributed by atoms with Crippen molar-refractivity contribution in [2.24, 2.45) is 5.73 Å². The van der Waals surface area contributed by atoms with Crippen LogP contribution < -0.4 is 15.2 Å². The Morgan fingerprint density at radius 2 is 1.84 bits per heavy atom. The van der Waals surface area contributed by atoms with Gasteiger partial charge < -0.3 is 15.2 Å².